The molecule has 1 unspecified atom stereocenters. The van der Waals surface area contributed by atoms with Crippen molar-refractivity contribution >= 4 is 52.1 Å². The predicted octanol–water partition coefficient (Wildman–Crippen LogP) is 3.85. The van der Waals surface area contributed by atoms with Crippen LogP contribution in [0.5, 0.6) is 0 Å². The molecule has 2 aliphatic rings. The lowest BCUT2D eigenvalue weighted by atomic mass is 9.80. The molecule has 3 N–H and O–H groups in total. The molecule has 12 heteroatoms. The summed E-state index contributed by atoms with van der Waals surface area (Å²) in [5, 5.41) is 14.4. The number of primary amides is 1. The summed E-state index contributed by atoms with van der Waals surface area (Å²) in [6.45, 7) is 6.56. The Morgan fingerprint density at radius 2 is 2.00 bits per heavy atom. The third kappa shape index (κ3) is 5.43. The molecule has 38 heavy (non-hydrogen) atoms. The van der Waals surface area contributed by atoms with Crippen LogP contribution >= 0.6 is 23.2 Å². The minimum absolute atomic E-state index is 0.0719. The van der Waals surface area contributed by atoms with Gasteiger partial charge in [-0.25, -0.2) is 14.6 Å². The van der Waals surface area contributed by atoms with E-state index >= 15 is 0 Å². The van der Waals surface area contributed by atoms with Crippen LogP contribution in [0.2, 0.25) is 10.0 Å². The maximum Gasteiger partial charge on any atom is 0.303 e. The summed E-state index contributed by atoms with van der Waals surface area (Å²) in [6, 6.07) is 4.93. The number of hydrogen-bond acceptors (Lipinski definition) is 7. The molecule has 202 valence electrons. The van der Waals surface area contributed by atoms with E-state index in [1.54, 1.807) is 23.0 Å². The number of halogens is 2. The number of nitrogens with two attached hydrogens (primary N) is 1. The van der Waals surface area contributed by atoms with E-state index in [1.807, 2.05) is 13.0 Å². The largest absolute Gasteiger partial charge is 0.481 e. The molecule has 2 fully saturated rings. The molecule has 0 spiro atoms. The van der Waals surface area contributed by atoms with Gasteiger partial charge in [0.1, 0.15) is 11.3 Å². The highest BCUT2D eigenvalue weighted by atomic mass is 35.5. The zero-order valence-corrected chi connectivity index (χ0v) is 22.7. The molecule has 2 atom stereocenters. The number of hydrogen-bond donors (Lipinski definition) is 2. The fourth-order valence-corrected chi connectivity index (χ4v) is 6.16. The highest BCUT2D eigenvalue weighted by molar-refractivity contribution is 6.35. The first-order valence-electron chi connectivity index (χ1n) is 12.9. The van der Waals surface area contributed by atoms with Gasteiger partial charge >= 0.3 is 5.97 Å². The minimum Gasteiger partial charge on any atom is -0.481 e. The quantitative estimate of drug-likeness (QED) is 0.404. The molecule has 2 aliphatic heterocycles. The van der Waals surface area contributed by atoms with Crippen LogP contribution in [0.25, 0.3) is 11.2 Å². The molecule has 2 saturated heterocycles. The molecule has 4 heterocycles. The van der Waals surface area contributed by atoms with Crippen molar-refractivity contribution in [2.75, 3.05) is 37.6 Å². The van der Waals surface area contributed by atoms with Crippen LogP contribution in [0.3, 0.4) is 0 Å². The molecule has 0 bridgehead atoms. The Balaban J connectivity index is 1.32. The second-order valence-electron chi connectivity index (χ2n) is 10.3. The Labute approximate surface area is 230 Å². The lowest BCUT2D eigenvalue weighted by Crippen LogP contribution is -2.54. The van der Waals surface area contributed by atoms with Gasteiger partial charge in [0.2, 0.25) is 0 Å². The normalized spacial score (nSPS) is 19.4. The first-order valence-corrected chi connectivity index (χ1v) is 13.7. The van der Waals surface area contributed by atoms with Crippen LogP contribution in [-0.4, -0.2) is 74.4 Å². The number of fused-ring (bicyclic) bond motifs is 1. The number of piperidine rings is 1. The van der Waals surface area contributed by atoms with Crippen LogP contribution in [0.4, 0.5) is 5.82 Å². The molecule has 5 rings (SSSR count). The first-order chi connectivity index (χ1) is 18.2. The summed E-state index contributed by atoms with van der Waals surface area (Å²) >= 11 is 12.5. The minimum atomic E-state index is -0.735. The van der Waals surface area contributed by atoms with Gasteiger partial charge in [-0.3, -0.25) is 9.59 Å². The maximum absolute atomic E-state index is 12.1. The molecule has 10 nitrogen and oxygen atoms in total. The van der Waals surface area contributed by atoms with Crippen LogP contribution in [-0.2, 0) is 4.79 Å². The van der Waals surface area contributed by atoms with E-state index in [4.69, 9.17) is 39.0 Å². The van der Waals surface area contributed by atoms with Gasteiger partial charge < -0.3 is 20.6 Å². The van der Waals surface area contributed by atoms with Gasteiger partial charge in [0, 0.05) is 36.1 Å². The second-order valence-corrected chi connectivity index (χ2v) is 11.1. The van der Waals surface area contributed by atoms with Crippen molar-refractivity contribution < 1.29 is 14.7 Å². The van der Waals surface area contributed by atoms with Crippen molar-refractivity contribution in [3.05, 3.63) is 45.7 Å². The summed E-state index contributed by atoms with van der Waals surface area (Å²) in [4.78, 5) is 37.0. The molecular weight excluding hydrogens is 529 g/mol. The average Bonchev–Trinajstić information content (AvgIpc) is 3.22. The lowest BCUT2D eigenvalue weighted by molar-refractivity contribution is -0.137. The SMILES string of the molecule is CC(c1ccc(Cl)cc1Cl)n1nc(C(N)=O)c2ncc(N3CC([C@H]4CCCN(CCCC(=O)O)C4)C3)nc21. The molecule has 0 aliphatic carbocycles. The number of anilines is 1. The van der Waals surface area contributed by atoms with Gasteiger partial charge in [0.25, 0.3) is 5.91 Å². The highest BCUT2D eigenvalue weighted by Gasteiger charge is 2.37. The number of rotatable bonds is 9. The Kier molecular flexibility index (Phi) is 7.74. The van der Waals surface area contributed by atoms with Gasteiger partial charge in [-0.2, -0.15) is 5.10 Å². The van der Waals surface area contributed by atoms with Crippen LogP contribution < -0.4 is 10.6 Å². The number of benzene rings is 1. The number of aromatic nitrogens is 4. The third-order valence-electron chi connectivity index (χ3n) is 7.71. The monoisotopic (exact) mass is 559 g/mol. The second kappa shape index (κ2) is 11.0. The summed E-state index contributed by atoms with van der Waals surface area (Å²) in [5.41, 5.74) is 7.30. The standard InChI is InChI=1S/C26H31Cl2N7O3/c1-15(19-7-6-18(27)10-20(19)28)35-26-24(23(32-35)25(29)38)30-11-21(31-26)34-13-17(14-34)16-4-2-8-33(12-16)9-3-5-22(36)37/h6-7,10-11,15-17H,2-5,8-9,12-14H2,1H3,(H2,29,38)(H,36,37)/t15?,16-/m0/s1. The average molecular weight is 560 g/mol. The molecule has 2 aromatic heterocycles. The van der Waals surface area contributed by atoms with E-state index in [2.05, 4.69) is 19.9 Å². The van der Waals surface area contributed by atoms with Gasteiger partial charge in [0.15, 0.2) is 11.3 Å². The first kappa shape index (κ1) is 26.6. The molecule has 0 radical (unpaired) electrons. The summed E-state index contributed by atoms with van der Waals surface area (Å²) in [6.07, 6.45) is 4.91. The summed E-state index contributed by atoms with van der Waals surface area (Å²) in [5.74, 6) is 0.461. The number of aliphatic carboxylic acids is 1. The van der Waals surface area contributed by atoms with Crippen molar-refractivity contribution in [3.63, 3.8) is 0 Å². The van der Waals surface area contributed by atoms with E-state index in [0.717, 1.165) is 50.5 Å². The number of carbonyl (C=O) groups is 2. The van der Waals surface area contributed by atoms with Gasteiger partial charge in [-0.1, -0.05) is 29.3 Å². The molecular formula is C26H31Cl2N7O3. The third-order valence-corrected chi connectivity index (χ3v) is 8.27. The smallest absolute Gasteiger partial charge is 0.303 e. The fraction of sp³-hybridized carbons (Fsp3) is 0.500. The van der Waals surface area contributed by atoms with E-state index in [0.29, 0.717) is 39.5 Å². The van der Waals surface area contributed by atoms with Crippen molar-refractivity contribution in [2.45, 2.75) is 38.6 Å². The van der Waals surface area contributed by atoms with Crippen molar-refractivity contribution in [3.8, 4) is 0 Å². The number of amides is 1. The zero-order chi connectivity index (χ0) is 27.0. The van der Waals surface area contributed by atoms with Crippen LogP contribution in [0, 0.1) is 11.8 Å². The number of likely N-dealkylation sites (tertiary alicyclic amines) is 1. The van der Waals surface area contributed by atoms with E-state index in [1.165, 1.54) is 6.42 Å². The number of carbonyl (C=O) groups excluding carboxylic acids is 1. The van der Waals surface area contributed by atoms with Crippen LogP contribution in [0.1, 0.15) is 54.7 Å². The van der Waals surface area contributed by atoms with Crippen molar-refractivity contribution in [2.24, 2.45) is 17.6 Å². The molecule has 0 saturated carbocycles. The topological polar surface area (TPSA) is 130 Å². The fourth-order valence-electron chi connectivity index (χ4n) is 5.59. The van der Waals surface area contributed by atoms with Crippen molar-refractivity contribution in [1.82, 2.24) is 24.6 Å². The Morgan fingerprint density at radius 3 is 2.71 bits per heavy atom. The van der Waals surface area contributed by atoms with E-state index < -0.39 is 11.9 Å². The Morgan fingerprint density at radius 1 is 1.21 bits per heavy atom. The zero-order valence-electron chi connectivity index (χ0n) is 21.2. The molecule has 1 amide bonds. The van der Waals surface area contributed by atoms with Gasteiger partial charge in [-0.15, -0.1) is 0 Å². The maximum atomic E-state index is 12.1. The van der Waals surface area contributed by atoms with Crippen LogP contribution in [0.15, 0.2) is 24.4 Å². The number of carboxylic acids is 1. The number of carboxylic acid groups (broad SMARTS) is 1. The molecule has 1 aromatic carbocycles. The van der Waals surface area contributed by atoms with E-state index in [-0.39, 0.29) is 18.2 Å². The Hall–Kier alpha value is -2.95. The summed E-state index contributed by atoms with van der Waals surface area (Å²) in [7, 11) is 0. The predicted molar refractivity (Wildman–Crippen MR) is 146 cm³/mol. The van der Waals surface area contributed by atoms with Gasteiger partial charge in [0.05, 0.1) is 12.2 Å². The Bertz CT molecular complexity index is 1360. The lowest BCUT2D eigenvalue weighted by Gasteiger charge is -2.47. The summed E-state index contributed by atoms with van der Waals surface area (Å²) < 4.78 is 1.65. The van der Waals surface area contributed by atoms with Crippen molar-refractivity contribution in [1.29, 1.82) is 0 Å². The number of nitrogens with zero attached hydrogens (tertiary/aromatic N) is 6. The molecule has 3 aromatic rings. The van der Waals surface area contributed by atoms with E-state index in [9.17, 15) is 9.59 Å². The van der Waals surface area contributed by atoms with Gasteiger partial charge in [-0.05, 0) is 68.8 Å². The highest BCUT2D eigenvalue weighted by Crippen LogP contribution is 2.35.